The summed E-state index contributed by atoms with van der Waals surface area (Å²) < 4.78 is 0. The van der Waals surface area contributed by atoms with Crippen LogP contribution in [0, 0.1) is 5.92 Å². The lowest BCUT2D eigenvalue weighted by Crippen LogP contribution is -2.43. The maximum Gasteiger partial charge on any atom is 0.234 e. The first-order chi connectivity index (χ1) is 8.13. The Labute approximate surface area is 106 Å². The summed E-state index contributed by atoms with van der Waals surface area (Å²) in [5, 5.41) is 6.43. The van der Waals surface area contributed by atoms with Crippen molar-refractivity contribution in [2.45, 2.75) is 71.4 Å². The molecule has 3 nitrogen and oxygen atoms in total. The van der Waals surface area contributed by atoms with Gasteiger partial charge in [-0.15, -0.1) is 0 Å². The van der Waals surface area contributed by atoms with Crippen LogP contribution in [0.1, 0.15) is 59.3 Å². The summed E-state index contributed by atoms with van der Waals surface area (Å²) in [6.07, 6.45) is 7.50. The maximum atomic E-state index is 11.7. The predicted octanol–water partition coefficient (Wildman–Crippen LogP) is 2.46. The third-order valence-electron chi connectivity index (χ3n) is 3.91. The smallest absolute Gasteiger partial charge is 0.234 e. The van der Waals surface area contributed by atoms with Crippen molar-refractivity contribution >= 4 is 5.91 Å². The Bertz CT molecular complexity index is 230. The fraction of sp³-hybridized carbons (Fsp3) is 0.929. The summed E-state index contributed by atoms with van der Waals surface area (Å²) in [7, 11) is 0. The number of nitrogens with one attached hydrogen (secondary N) is 2. The van der Waals surface area contributed by atoms with Gasteiger partial charge in [-0.2, -0.15) is 0 Å². The maximum absolute atomic E-state index is 11.7. The van der Waals surface area contributed by atoms with Crippen LogP contribution in [0.2, 0.25) is 0 Å². The van der Waals surface area contributed by atoms with Crippen molar-refractivity contribution in [3.05, 3.63) is 0 Å². The number of hydrogen-bond donors (Lipinski definition) is 2. The normalized spacial score (nSPS) is 27.2. The van der Waals surface area contributed by atoms with Crippen LogP contribution in [-0.2, 0) is 4.79 Å². The lowest BCUT2D eigenvalue weighted by Gasteiger charge is -2.23. The van der Waals surface area contributed by atoms with Gasteiger partial charge in [0.2, 0.25) is 5.91 Å². The molecule has 3 atom stereocenters. The van der Waals surface area contributed by atoms with Gasteiger partial charge >= 0.3 is 0 Å². The third kappa shape index (κ3) is 5.53. The SMILES string of the molecule is CCC(C)NC(=O)CNC1CCCCCC1C. The van der Waals surface area contributed by atoms with E-state index in [1.807, 2.05) is 6.92 Å². The highest BCUT2D eigenvalue weighted by atomic mass is 16.1. The van der Waals surface area contributed by atoms with Crippen LogP contribution in [0.5, 0.6) is 0 Å². The van der Waals surface area contributed by atoms with E-state index < -0.39 is 0 Å². The molecule has 0 saturated heterocycles. The van der Waals surface area contributed by atoms with Gasteiger partial charge in [0, 0.05) is 12.1 Å². The lowest BCUT2D eigenvalue weighted by atomic mass is 9.97. The molecule has 1 fully saturated rings. The van der Waals surface area contributed by atoms with Gasteiger partial charge in [0.15, 0.2) is 0 Å². The Morgan fingerprint density at radius 3 is 2.71 bits per heavy atom. The minimum absolute atomic E-state index is 0.135. The van der Waals surface area contributed by atoms with Gasteiger partial charge in [0.1, 0.15) is 0 Å². The number of amides is 1. The Hall–Kier alpha value is -0.570. The molecule has 1 rings (SSSR count). The van der Waals surface area contributed by atoms with E-state index in [0.29, 0.717) is 18.5 Å². The standard InChI is InChI=1S/C14H28N2O/c1-4-12(3)16-14(17)10-15-13-9-7-5-6-8-11(13)2/h11-13,15H,4-10H2,1-3H3,(H,16,17). The van der Waals surface area contributed by atoms with Crippen molar-refractivity contribution in [2.24, 2.45) is 5.92 Å². The Kier molecular flexibility index (Phi) is 6.56. The Morgan fingerprint density at radius 1 is 1.29 bits per heavy atom. The van der Waals surface area contributed by atoms with Crippen LogP contribution in [0.3, 0.4) is 0 Å². The molecule has 3 unspecified atom stereocenters. The van der Waals surface area contributed by atoms with Crippen molar-refractivity contribution in [1.29, 1.82) is 0 Å². The first-order valence-corrected chi connectivity index (χ1v) is 7.16. The minimum Gasteiger partial charge on any atom is -0.353 e. The molecule has 2 N–H and O–H groups in total. The van der Waals surface area contributed by atoms with E-state index in [4.69, 9.17) is 0 Å². The van der Waals surface area contributed by atoms with Gasteiger partial charge in [-0.1, -0.05) is 33.1 Å². The van der Waals surface area contributed by atoms with Crippen molar-refractivity contribution in [3.8, 4) is 0 Å². The number of carbonyl (C=O) groups excluding carboxylic acids is 1. The summed E-state index contributed by atoms with van der Waals surface area (Å²) in [6, 6.07) is 0.816. The molecule has 100 valence electrons. The zero-order chi connectivity index (χ0) is 12.7. The van der Waals surface area contributed by atoms with E-state index in [0.717, 1.165) is 6.42 Å². The van der Waals surface area contributed by atoms with Crippen LogP contribution in [0.25, 0.3) is 0 Å². The second-order valence-corrected chi connectivity index (χ2v) is 5.48. The second kappa shape index (κ2) is 7.70. The highest BCUT2D eigenvalue weighted by Gasteiger charge is 2.20. The molecule has 0 aliphatic heterocycles. The number of carbonyl (C=O) groups is 1. The topological polar surface area (TPSA) is 41.1 Å². The van der Waals surface area contributed by atoms with Gasteiger partial charge in [-0.3, -0.25) is 4.79 Å². The molecule has 0 aromatic heterocycles. The molecule has 0 bridgehead atoms. The lowest BCUT2D eigenvalue weighted by molar-refractivity contribution is -0.121. The van der Waals surface area contributed by atoms with E-state index in [-0.39, 0.29) is 11.9 Å². The molecule has 0 aromatic carbocycles. The van der Waals surface area contributed by atoms with Crippen molar-refractivity contribution in [2.75, 3.05) is 6.54 Å². The third-order valence-corrected chi connectivity index (χ3v) is 3.91. The van der Waals surface area contributed by atoms with Crippen LogP contribution in [0.4, 0.5) is 0 Å². The van der Waals surface area contributed by atoms with E-state index >= 15 is 0 Å². The molecule has 0 spiro atoms. The highest BCUT2D eigenvalue weighted by molar-refractivity contribution is 5.78. The van der Waals surface area contributed by atoms with Crippen LogP contribution < -0.4 is 10.6 Å². The Morgan fingerprint density at radius 2 is 2.00 bits per heavy atom. The van der Waals surface area contributed by atoms with E-state index in [9.17, 15) is 4.79 Å². The monoisotopic (exact) mass is 240 g/mol. The van der Waals surface area contributed by atoms with Crippen molar-refractivity contribution in [1.82, 2.24) is 10.6 Å². The number of rotatable bonds is 5. The molecule has 0 radical (unpaired) electrons. The quantitative estimate of drug-likeness (QED) is 0.725. The molecule has 1 aliphatic rings. The van der Waals surface area contributed by atoms with Crippen LogP contribution >= 0.6 is 0 Å². The summed E-state index contributed by atoms with van der Waals surface area (Å²) in [5.74, 6) is 0.838. The summed E-state index contributed by atoms with van der Waals surface area (Å²) in [4.78, 5) is 11.7. The van der Waals surface area contributed by atoms with E-state index in [2.05, 4.69) is 24.5 Å². The van der Waals surface area contributed by atoms with Gasteiger partial charge < -0.3 is 10.6 Å². The zero-order valence-corrected chi connectivity index (χ0v) is 11.6. The molecule has 0 aromatic rings. The summed E-state index contributed by atoms with van der Waals surface area (Å²) in [6.45, 7) is 6.91. The van der Waals surface area contributed by atoms with E-state index in [1.165, 1.54) is 32.1 Å². The van der Waals surface area contributed by atoms with Gasteiger partial charge in [0.05, 0.1) is 6.54 Å². The molecule has 17 heavy (non-hydrogen) atoms. The molecular weight excluding hydrogens is 212 g/mol. The minimum atomic E-state index is 0.135. The number of hydrogen-bond acceptors (Lipinski definition) is 2. The van der Waals surface area contributed by atoms with Gasteiger partial charge in [-0.05, 0) is 32.1 Å². The molecular formula is C14H28N2O. The molecule has 1 amide bonds. The second-order valence-electron chi connectivity index (χ2n) is 5.48. The average Bonchev–Trinajstić information content (AvgIpc) is 2.51. The van der Waals surface area contributed by atoms with E-state index in [1.54, 1.807) is 0 Å². The average molecular weight is 240 g/mol. The first-order valence-electron chi connectivity index (χ1n) is 7.16. The molecule has 1 aliphatic carbocycles. The molecule has 3 heteroatoms. The zero-order valence-electron chi connectivity index (χ0n) is 11.6. The fourth-order valence-electron chi connectivity index (χ4n) is 2.45. The first kappa shape index (κ1) is 14.5. The fourth-order valence-corrected chi connectivity index (χ4v) is 2.45. The highest BCUT2D eigenvalue weighted by Crippen LogP contribution is 2.22. The van der Waals surface area contributed by atoms with Crippen LogP contribution in [-0.4, -0.2) is 24.5 Å². The van der Waals surface area contributed by atoms with Crippen molar-refractivity contribution in [3.63, 3.8) is 0 Å². The van der Waals surface area contributed by atoms with Gasteiger partial charge in [-0.25, -0.2) is 0 Å². The van der Waals surface area contributed by atoms with Crippen LogP contribution in [0.15, 0.2) is 0 Å². The predicted molar refractivity (Wildman–Crippen MR) is 71.9 cm³/mol. The Balaban J connectivity index is 2.26. The molecule has 0 heterocycles. The van der Waals surface area contributed by atoms with Gasteiger partial charge in [0.25, 0.3) is 0 Å². The van der Waals surface area contributed by atoms with Crippen molar-refractivity contribution < 1.29 is 4.79 Å². The summed E-state index contributed by atoms with van der Waals surface area (Å²) in [5.41, 5.74) is 0. The molecule has 1 saturated carbocycles. The largest absolute Gasteiger partial charge is 0.353 e. The summed E-state index contributed by atoms with van der Waals surface area (Å²) >= 11 is 0.